The molecule has 0 aliphatic rings. The van der Waals surface area contributed by atoms with Crippen LogP contribution in [0, 0.1) is 0 Å². The van der Waals surface area contributed by atoms with Crippen molar-refractivity contribution in [3.8, 4) is 0 Å². The number of carbonyl (C=O) groups is 1. The number of nitrogens with one attached hydrogen (secondary N) is 2. The van der Waals surface area contributed by atoms with Gasteiger partial charge in [0, 0.05) is 12.6 Å². The maximum atomic E-state index is 11.6. The topological polar surface area (TPSA) is 111 Å². The van der Waals surface area contributed by atoms with Gasteiger partial charge in [-0.3, -0.25) is 0 Å². The first-order valence-electron chi connectivity index (χ1n) is 6.08. The minimum Gasteiger partial charge on any atom is -0.446 e. The number of hydrogen-bond acceptors (Lipinski definition) is 5. The minimum absolute atomic E-state index is 0.0334. The Bertz CT molecular complexity index is 531. The minimum atomic E-state index is -3.98. The molecule has 1 rings (SSSR count). The van der Waals surface area contributed by atoms with Crippen LogP contribution in [0.5, 0.6) is 0 Å². The lowest BCUT2D eigenvalue weighted by Gasteiger charge is -2.14. The zero-order valence-electron chi connectivity index (χ0n) is 11.4. The first kappa shape index (κ1) is 16.4. The van der Waals surface area contributed by atoms with E-state index in [9.17, 15) is 13.2 Å². The molecule has 0 aliphatic carbocycles. The summed E-state index contributed by atoms with van der Waals surface area (Å²) in [5, 5.41) is 0. The summed E-state index contributed by atoms with van der Waals surface area (Å²) in [5.74, 6) is 0. The number of carbonyl (C=O) groups excluding carboxylic acids is 1. The van der Waals surface area contributed by atoms with Gasteiger partial charge < -0.3 is 10.5 Å². The zero-order chi connectivity index (χ0) is 15.2. The molecule has 1 aromatic carbocycles. The summed E-state index contributed by atoms with van der Waals surface area (Å²) in [7, 11) is -3.98. The van der Waals surface area contributed by atoms with Gasteiger partial charge in [-0.15, -0.1) is 0 Å². The van der Waals surface area contributed by atoms with E-state index in [1.54, 1.807) is 30.7 Å². The molecular weight excluding hydrogens is 282 g/mol. The molecule has 4 N–H and O–H groups in total. The van der Waals surface area contributed by atoms with Crippen LogP contribution < -0.4 is 15.2 Å². The second kappa shape index (κ2) is 7.22. The molecule has 20 heavy (non-hydrogen) atoms. The van der Waals surface area contributed by atoms with Crippen molar-refractivity contribution in [1.29, 1.82) is 0 Å². The molecule has 0 heterocycles. The number of hydrogen-bond donors (Lipinski definition) is 3. The Kier molecular flexibility index (Phi) is 5.93. The lowest BCUT2D eigenvalue weighted by Crippen LogP contribution is -2.43. The van der Waals surface area contributed by atoms with Crippen molar-refractivity contribution in [3.05, 3.63) is 35.9 Å². The van der Waals surface area contributed by atoms with E-state index < -0.39 is 28.4 Å². The molecule has 7 nitrogen and oxygen atoms in total. The lowest BCUT2D eigenvalue weighted by atomic mass is 10.1. The highest BCUT2D eigenvalue weighted by molar-refractivity contribution is 7.88. The van der Waals surface area contributed by atoms with E-state index in [1.807, 2.05) is 18.2 Å². The van der Waals surface area contributed by atoms with Crippen LogP contribution in [-0.4, -0.2) is 27.2 Å². The van der Waals surface area contributed by atoms with Gasteiger partial charge in [0.05, 0.1) is 6.10 Å². The highest BCUT2D eigenvalue weighted by Crippen LogP contribution is 2.08. The third-order valence-electron chi connectivity index (χ3n) is 2.28. The Morgan fingerprint density at radius 3 is 2.45 bits per heavy atom. The van der Waals surface area contributed by atoms with Crippen LogP contribution in [0.2, 0.25) is 0 Å². The molecule has 0 spiro atoms. The normalized spacial score (nSPS) is 13.0. The van der Waals surface area contributed by atoms with Gasteiger partial charge in [-0.05, 0) is 19.4 Å². The van der Waals surface area contributed by atoms with E-state index in [1.165, 1.54) is 0 Å². The maximum Gasteiger partial charge on any atom is 0.422 e. The Hall–Kier alpha value is -1.64. The predicted octanol–water partition coefficient (Wildman–Crippen LogP) is 0.655. The number of ether oxygens (including phenoxy) is 1. The summed E-state index contributed by atoms with van der Waals surface area (Å²) in [6.07, 6.45) is -1.43. The Labute approximate surface area is 118 Å². The molecule has 1 aromatic rings. The average Bonchev–Trinajstić information content (AvgIpc) is 2.35. The fraction of sp³-hybridized carbons (Fsp3) is 0.417. The highest BCUT2D eigenvalue weighted by atomic mass is 32.2. The Balaban J connectivity index is 2.49. The van der Waals surface area contributed by atoms with Crippen LogP contribution in [0.1, 0.15) is 25.5 Å². The third kappa shape index (κ3) is 6.00. The summed E-state index contributed by atoms with van der Waals surface area (Å²) in [4.78, 5) is 11.2. The SMILES string of the molecule is CC(C)OC(=O)NS(=O)(=O)NCC(N)c1ccccc1. The molecule has 0 aliphatic heterocycles. The van der Waals surface area contributed by atoms with Gasteiger partial charge in [0.1, 0.15) is 0 Å². The molecule has 0 saturated heterocycles. The molecule has 1 amide bonds. The molecule has 0 aromatic heterocycles. The molecule has 0 saturated carbocycles. The van der Waals surface area contributed by atoms with Gasteiger partial charge in [-0.1, -0.05) is 30.3 Å². The van der Waals surface area contributed by atoms with E-state index in [2.05, 4.69) is 9.46 Å². The molecule has 112 valence electrons. The van der Waals surface area contributed by atoms with Gasteiger partial charge in [-0.25, -0.2) is 9.52 Å². The standard InChI is InChI=1S/C12H19N3O4S/c1-9(2)19-12(16)15-20(17,18)14-8-11(13)10-6-4-3-5-7-10/h3-7,9,11,14H,8,13H2,1-2H3,(H,15,16). The molecule has 8 heteroatoms. The molecular formula is C12H19N3O4S. The van der Waals surface area contributed by atoms with Crippen LogP contribution in [0.25, 0.3) is 0 Å². The summed E-state index contributed by atoms with van der Waals surface area (Å²) in [6.45, 7) is 3.20. The summed E-state index contributed by atoms with van der Waals surface area (Å²) >= 11 is 0. The van der Waals surface area contributed by atoms with Gasteiger partial charge in [0.25, 0.3) is 0 Å². The lowest BCUT2D eigenvalue weighted by molar-refractivity contribution is 0.121. The third-order valence-corrected chi connectivity index (χ3v) is 3.26. The molecule has 0 bridgehead atoms. The van der Waals surface area contributed by atoms with Gasteiger partial charge in [0.15, 0.2) is 0 Å². The van der Waals surface area contributed by atoms with Crippen LogP contribution >= 0.6 is 0 Å². The van der Waals surface area contributed by atoms with E-state index >= 15 is 0 Å². The number of benzene rings is 1. The van der Waals surface area contributed by atoms with Gasteiger partial charge in [0.2, 0.25) is 0 Å². The second-order valence-corrected chi connectivity index (χ2v) is 5.92. The van der Waals surface area contributed by atoms with Crippen molar-refractivity contribution < 1.29 is 17.9 Å². The van der Waals surface area contributed by atoms with E-state index in [4.69, 9.17) is 5.73 Å². The monoisotopic (exact) mass is 301 g/mol. The molecule has 0 fully saturated rings. The van der Waals surface area contributed by atoms with Crippen LogP contribution in [-0.2, 0) is 14.9 Å². The van der Waals surface area contributed by atoms with E-state index in [0.29, 0.717) is 0 Å². The highest BCUT2D eigenvalue weighted by Gasteiger charge is 2.17. The second-order valence-electron chi connectivity index (χ2n) is 4.43. The number of amides is 1. The van der Waals surface area contributed by atoms with Crippen LogP contribution in [0.4, 0.5) is 4.79 Å². The predicted molar refractivity (Wildman–Crippen MR) is 75.0 cm³/mol. The number of rotatable bonds is 6. The summed E-state index contributed by atoms with van der Waals surface area (Å²) in [5.41, 5.74) is 6.63. The zero-order valence-corrected chi connectivity index (χ0v) is 12.2. The first-order valence-corrected chi connectivity index (χ1v) is 7.57. The molecule has 0 radical (unpaired) electrons. The number of nitrogens with two attached hydrogens (primary N) is 1. The quantitative estimate of drug-likeness (QED) is 0.714. The van der Waals surface area contributed by atoms with Crippen molar-refractivity contribution in [2.24, 2.45) is 5.73 Å². The van der Waals surface area contributed by atoms with Crippen molar-refractivity contribution in [3.63, 3.8) is 0 Å². The Morgan fingerprint density at radius 1 is 1.30 bits per heavy atom. The largest absolute Gasteiger partial charge is 0.446 e. The van der Waals surface area contributed by atoms with Crippen molar-refractivity contribution in [2.75, 3.05) is 6.54 Å². The molecule has 1 atom stereocenters. The average molecular weight is 301 g/mol. The van der Waals surface area contributed by atoms with E-state index in [-0.39, 0.29) is 6.54 Å². The fourth-order valence-corrected chi connectivity index (χ4v) is 2.14. The smallest absolute Gasteiger partial charge is 0.422 e. The van der Waals surface area contributed by atoms with Crippen LogP contribution in [0.3, 0.4) is 0 Å². The van der Waals surface area contributed by atoms with Crippen molar-refractivity contribution >= 4 is 16.3 Å². The van der Waals surface area contributed by atoms with Crippen molar-refractivity contribution in [1.82, 2.24) is 9.44 Å². The first-order chi connectivity index (χ1) is 9.30. The van der Waals surface area contributed by atoms with Gasteiger partial charge >= 0.3 is 16.3 Å². The Morgan fingerprint density at radius 2 is 1.90 bits per heavy atom. The molecule has 1 unspecified atom stereocenters. The van der Waals surface area contributed by atoms with Crippen molar-refractivity contribution in [2.45, 2.75) is 26.0 Å². The summed E-state index contributed by atoms with van der Waals surface area (Å²) in [6, 6.07) is 8.53. The van der Waals surface area contributed by atoms with Crippen LogP contribution in [0.15, 0.2) is 30.3 Å². The fourth-order valence-electron chi connectivity index (χ4n) is 1.40. The maximum absolute atomic E-state index is 11.6. The van der Waals surface area contributed by atoms with E-state index in [0.717, 1.165) is 5.56 Å². The summed E-state index contributed by atoms with van der Waals surface area (Å²) < 4.78 is 31.8. The van der Waals surface area contributed by atoms with Gasteiger partial charge in [-0.2, -0.15) is 13.1 Å².